The summed E-state index contributed by atoms with van der Waals surface area (Å²) in [6.07, 6.45) is 0.385. The number of methoxy groups -OCH3 is 3. The number of carbonyl (C=O) groups is 1. The monoisotopic (exact) mass is 313 g/mol. The number of fused-ring (bicyclic) bond motifs is 1. The fourth-order valence-corrected chi connectivity index (χ4v) is 2.93. The van der Waals surface area contributed by atoms with Gasteiger partial charge in [0.05, 0.1) is 21.3 Å². The van der Waals surface area contributed by atoms with Crippen LogP contribution in [0, 0.1) is 0 Å². The Kier molecular flexibility index (Phi) is 4.10. The smallest absolute Gasteiger partial charge is 0.225 e. The molecule has 0 aliphatic carbocycles. The first-order valence-corrected chi connectivity index (χ1v) is 7.36. The number of benzene rings is 2. The Morgan fingerprint density at radius 2 is 1.74 bits per heavy atom. The van der Waals surface area contributed by atoms with E-state index in [2.05, 4.69) is 5.32 Å². The van der Waals surface area contributed by atoms with Crippen molar-refractivity contribution in [2.75, 3.05) is 26.6 Å². The highest BCUT2D eigenvalue weighted by molar-refractivity contribution is 5.95. The Bertz CT molecular complexity index is 742. The van der Waals surface area contributed by atoms with Crippen molar-refractivity contribution in [1.82, 2.24) is 0 Å². The number of carbonyl (C=O) groups excluding carboxylic acids is 1. The summed E-state index contributed by atoms with van der Waals surface area (Å²) >= 11 is 0. The summed E-state index contributed by atoms with van der Waals surface area (Å²) in [5.74, 6) is 2.05. The van der Waals surface area contributed by atoms with E-state index in [1.807, 2.05) is 36.4 Å². The second-order valence-electron chi connectivity index (χ2n) is 5.37. The first-order chi connectivity index (χ1) is 11.2. The van der Waals surface area contributed by atoms with Crippen LogP contribution >= 0.6 is 0 Å². The highest BCUT2D eigenvalue weighted by Crippen LogP contribution is 2.41. The summed E-state index contributed by atoms with van der Waals surface area (Å²) in [7, 11) is 4.84. The lowest BCUT2D eigenvalue weighted by molar-refractivity contribution is -0.116. The Balaban J connectivity index is 2.08. The zero-order chi connectivity index (χ0) is 16.4. The van der Waals surface area contributed by atoms with E-state index < -0.39 is 0 Å². The van der Waals surface area contributed by atoms with Crippen LogP contribution in [0.15, 0.2) is 36.4 Å². The standard InChI is InChI=1S/C18H19NO4/c1-21-12-5-6-15-14(9-12)13(10-18(20)19-15)11-4-7-16(22-2)17(8-11)23-3/h4-9,13H,10H2,1-3H3,(H,19,20). The topological polar surface area (TPSA) is 56.8 Å². The number of rotatable bonds is 4. The van der Waals surface area contributed by atoms with Crippen molar-refractivity contribution in [2.45, 2.75) is 12.3 Å². The van der Waals surface area contributed by atoms with Gasteiger partial charge in [0.1, 0.15) is 5.75 Å². The van der Waals surface area contributed by atoms with Gasteiger partial charge < -0.3 is 19.5 Å². The van der Waals surface area contributed by atoms with E-state index in [1.165, 1.54) is 0 Å². The van der Waals surface area contributed by atoms with Gasteiger partial charge in [-0.25, -0.2) is 0 Å². The highest BCUT2D eigenvalue weighted by Gasteiger charge is 2.27. The summed E-state index contributed by atoms with van der Waals surface area (Å²) in [4.78, 5) is 12.0. The zero-order valence-corrected chi connectivity index (χ0v) is 13.4. The van der Waals surface area contributed by atoms with Crippen molar-refractivity contribution in [2.24, 2.45) is 0 Å². The van der Waals surface area contributed by atoms with Crippen LogP contribution in [0.5, 0.6) is 17.2 Å². The van der Waals surface area contributed by atoms with E-state index in [-0.39, 0.29) is 11.8 Å². The van der Waals surface area contributed by atoms with Gasteiger partial charge >= 0.3 is 0 Å². The molecule has 1 unspecified atom stereocenters. The molecule has 1 N–H and O–H groups in total. The zero-order valence-electron chi connectivity index (χ0n) is 13.4. The van der Waals surface area contributed by atoms with Crippen LogP contribution in [0.4, 0.5) is 5.69 Å². The molecular formula is C18H19NO4. The first kappa shape index (κ1) is 15.2. The van der Waals surface area contributed by atoms with E-state index in [0.29, 0.717) is 17.9 Å². The third-order valence-corrected chi connectivity index (χ3v) is 4.11. The molecule has 1 atom stereocenters. The second-order valence-corrected chi connectivity index (χ2v) is 5.37. The minimum absolute atomic E-state index is 0.00227. The molecule has 2 aromatic carbocycles. The molecular weight excluding hydrogens is 294 g/mol. The molecule has 5 nitrogen and oxygen atoms in total. The van der Waals surface area contributed by atoms with E-state index in [1.54, 1.807) is 21.3 Å². The molecule has 3 rings (SSSR count). The summed E-state index contributed by atoms with van der Waals surface area (Å²) in [5, 5.41) is 2.91. The van der Waals surface area contributed by atoms with Crippen molar-refractivity contribution in [3.63, 3.8) is 0 Å². The number of hydrogen-bond acceptors (Lipinski definition) is 4. The minimum atomic E-state index is -0.0475. The van der Waals surface area contributed by atoms with Gasteiger partial charge in [-0.1, -0.05) is 6.07 Å². The molecule has 0 aromatic heterocycles. The molecule has 0 radical (unpaired) electrons. The van der Waals surface area contributed by atoms with Crippen LogP contribution in [0.2, 0.25) is 0 Å². The lowest BCUT2D eigenvalue weighted by Crippen LogP contribution is -2.23. The summed E-state index contributed by atoms with van der Waals surface area (Å²) in [6.45, 7) is 0. The SMILES string of the molecule is COc1ccc2c(c1)C(c1ccc(OC)c(OC)c1)CC(=O)N2. The van der Waals surface area contributed by atoms with Crippen LogP contribution < -0.4 is 19.5 Å². The normalized spacial score (nSPS) is 16.3. The summed E-state index contributed by atoms with van der Waals surface area (Å²) in [5.41, 5.74) is 2.87. The minimum Gasteiger partial charge on any atom is -0.497 e. The van der Waals surface area contributed by atoms with Crippen LogP contribution in [0.3, 0.4) is 0 Å². The van der Waals surface area contributed by atoms with Crippen LogP contribution in [0.25, 0.3) is 0 Å². The molecule has 23 heavy (non-hydrogen) atoms. The van der Waals surface area contributed by atoms with Crippen molar-refractivity contribution < 1.29 is 19.0 Å². The number of anilines is 1. The maximum absolute atomic E-state index is 12.0. The number of nitrogens with one attached hydrogen (secondary N) is 1. The largest absolute Gasteiger partial charge is 0.497 e. The molecule has 0 spiro atoms. The van der Waals surface area contributed by atoms with Crippen molar-refractivity contribution in [3.8, 4) is 17.2 Å². The molecule has 1 heterocycles. The lowest BCUT2D eigenvalue weighted by atomic mass is 9.84. The van der Waals surface area contributed by atoms with E-state index in [0.717, 1.165) is 22.6 Å². The van der Waals surface area contributed by atoms with Crippen molar-refractivity contribution >= 4 is 11.6 Å². The van der Waals surface area contributed by atoms with Gasteiger partial charge in [0.2, 0.25) is 5.91 Å². The van der Waals surface area contributed by atoms with Gasteiger partial charge in [-0.15, -0.1) is 0 Å². The summed E-state index contributed by atoms with van der Waals surface area (Å²) in [6, 6.07) is 11.4. The Morgan fingerprint density at radius 3 is 2.43 bits per heavy atom. The van der Waals surface area contributed by atoms with Crippen molar-refractivity contribution in [3.05, 3.63) is 47.5 Å². The highest BCUT2D eigenvalue weighted by atomic mass is 16.5. The molecule has 1 aliphatic rings. The number of ether oxygens (including phenoxy) is 3. The quantitative estimate of drug-likeness (QED) is 0.942. The molecule has 0 fully saturated rings. The molecule has 0 bridgehead atoms. The van der Waals surface area contributed by atoms with Crippen LogP contribution in [0.1, 0.15) is 23.5 Å². The molecule has 0 saturated heterocycles. The Morgan fingerprint density at radius 1 is 0.957 bits per heavy atom. The third-order valence-electron chi connectivity index (χ3n) is 4.11. The molecule has 2 aromatic rings. The van der Waals surface area contributed by atoms with E-state index >= 15 is 0 Å². The molecule has 5 heteroatoms. The van der Waals surface area contributed by atoms with Gasteiger partial charge in [-0.05, 0) is 41.5 Å². The van der Waals surface area contributed by atoms with E-state index in [4.69, 9.17) is 14.2 Å². The molecule has 0 saturated carbocycles. The Labute approximate surface area is 135 Å². The van der Waals surface area contributed by atoms with Crippen LogP contribution in [-0.2, 0) is 4.79 Å². The maximum Gasteiger partial charge on any atom is 0.225 e. The fraction of sp³-hybridized carbons (Fsp3) is 0.278. The predicted octanol–water partition coefficient (Wildman–Crippen LogP) is 3.19. The molecule has 1 aliphatic heterocycles. The van der Waals surface area contributed by atoms with Gasteiger partial charge in [0, 0.05) is 18.0 Å². The average Bonchev–Trinajstić information content (AvgIpc) is 2.59. The first-order valence-electron chi connectivity index (χ1n) is 7.36. The van der Waals surface area contributed by atoms with Gasteiger partial charge in [0.15, 0.2) is 11.5 Å². The molecule has 1 amide bonds. The number of hydrogen-bond donors (Lipinski definition) is 1. The van der Waals surface area contributed by atoms with Gasteiger partial charge in [-0.3, -0.25) is 4.79 Å². The second kappa shape index (κ2) is 6.20. The average molecular weight is 313 g/mol. The van der Waals surface area contributed by atoms with Crippen molar-refractivity contribution in [1.29, 1.82) is 0 Å². The maximum atomic E-state index is 12.0. The predicted molar refractivity (Wildman–Crippen MR) is 87.6 cm³/mol. The third kappa shape index (κ3) is 2.82. The number of amides is 1. The fourth-order valence-electron chi connectivity index (χ4n) is 2.93. The van der Waals surface area contributed by atoms with Gasteiger partial charge in [-0.2, -0.15) is 0 Å². The lowest BCUT2D eigenvalue weighted by Gasteiger charge is -2.27. The molecule has 120 valence electrons. The van der Waals surface area contributed by atoms with Crippen LogP contribution in [-0.4, -0.2) is 27.2 Å². The Hall–Kier alpha value is -2.69. The van der Waals surface area contributed by atoms with Gasteiger partial charge in [0.25, 0.3) is 0 Å². The summed E-state index contributed by atoms with van der Waals surface area (Å²) < 4.78 is 16.0. The van der Waals surface area contributed by atoms with E-state index in [9.17, 15) is 4.79 Å².